The van der Waals surface area contributed by atoms with Crippen molar-refractivity contribution in [2.75, 3.05) is 4.90 Å². The van der Waals surface area contributed by atoms with E-state index in [4.69, 9.17) is 11.6 Å². The van der Waals surface area contributed by atoms with Crippen LogP contribution in [0.4, 0.5) is 5.69 Å². The summed E-state index contributed by atoms with van der Waals surface area (Å²) in [6.45, 7) is 2.31. The average Bonchev–Trinajstić information content (AvgIpc) is 3.01. The lowest BCUT2D eigenvalue weighted by molar-refractivity contribution is -0.136. The number of carbonyl (C=O) groups is 2. The molecule has 1 atom stereocenters. The second kappa shape index (κ2) is 8.44. The Labute approximate surface area is 198 Å². The Kier molecular flexibility index (Phi) is 5.59. The van der Waals surface area contributed by atoms with Crippen molar-refractivity contribution in [3.8, 4) is 0 Å². The van der Waals surface area contributed by atoms with E-state index in [1.807, 2.05) is 49.4 Å². The first-order chi connectivity index (χ1) is 15.9. The minimum Gasteiger partial charge on any atom is -0.375 e. The Bertz CT molecular complexity index is 1270. The van der Waals surface area contributed by atoms with Crippen LogP contribution in [0.2, 0.25) is 5.02 Å². The van der Waals surface area contributed by atoms with E-state index < -0.39 is 11.5 Å². The van der Waals surface area contributed by atoms with Crippen LogP contribution in [-0.2, 0) is 29.8 Å². The van der Waals surface area contributed by atoms with Crippen LogP contribution in [-0.4, -0.2) is 16.8 Å². The Morgan fingerprint density at radius 2 is 1.79 bits per heavy atom. The number of aryl methyl sites for hydroxylation is 3. The van der Waals surface area contributed by atoms with Gasteiger partial charge in [-0.3, -0.25) is 9.59 Å². The summed E-state index contributed by atoms with van der Waals surface area (Å²) >= 11 is 6.24. The Morgan fingerprint density at radius 1 is 1.03 bits per heavy atom. The Balaban J connectivity index is 1.49. The number of halogens is 1. The molecule has 1 amide bonds. The molecule has 1 aliphatic heterocycles. The maximum absolute atomic E-state index is 13.6. The molecule has 2 aliphatic rings. The molecule has 0 fully saturated rings. The van der Waals surface area contributed by atoms with Crippen LogP contribution in [0.25, 0.3) is 0 Å². The van der Waals surface area contributed by atoms with Crippen LogP contribution in [0, 0.1) is 6.92 Å². The van der Waals surface area contributed by atoms with Crippen LogP contribution in [0.5, 0.6) is 0 Å². The van der Waals surface area contributed by atoms with Crippen molar-refractivity contribution in [3.63, 3.8) is 0 Å². The summed E-state index contributed by atoms with van der Waals surface area (Å²) in [6, 6.07) is 18.7. The quantitative estimate of drug-likeness (QED) is 0.510. The van der Waals surface area contributed by atoms with Crippen molar-refractivity contribution in [2.24, 2.45) is 0 Å². The number of rotatable bonds is 5. The third-order valence-electron chi connectivity index (χ3n) is 6.97. The number of nitrogens with zero attached hydrogens (tertiary/aromatic N) is 1. The van der Waals surface area contributed by atoms with Crippen LogP contribution in [0.15, 0.2) is 60.7 Å². The first-order valence-corrected chi connectivity index (χ1v) is 11.8. The molecular formula is C28H26ClNO3. The number of hydrogen-bond acceptors (Lipinski definition) is 3. The summed E-state index contributed by atoms with van der Waals surface area (Å²) in [5, 5.41) is 12.1. The van der Waals surface area contributed by atoms with Gasteiger partial charge in [0, 0.05) is 16.1 Å². The van der Waals surface area contributed by atoms with Crippen molar-refractivity contribution >= 4 is 29.0 Å². The number of hydrogen-bond donors (Lipinski definition) is 1. The van der Waals surface area contributed by atoms with Gasteiger partial charge in [-0.2, -0.15) is 0 Å². The van der Waals surface area contributed by atoms with Gasteiger partial charge < -0.3 is 10.0 Å². The molecule has 0 radical (unpaired) electrons. The molecule has 0 saturated heterocycles. The molecule has 3 aromatic rings. The van der Waals surface area contributed by atoms with Crippen molar-refractivity contribution in [2.45, 2.75) is 51.2 Å². The first-order valence-electron chi connectivity index (χ1n) is 11.4. The molecule has 1 heterocycles. The van der Waals surface area contributed by atoms with Crippen molar-refractivity contribution in [1.29, 1.82) is 0 Å². The molecule has 0 aromatic heterocycles. The van der Waals surface area contributed by atoms with Crippen molar-refractivity contribution < 1.29 is 14.7 Å². The molecular weight excluding hydrogens is 434 g/mol. The number of Topliss-reactive ketones (excluding diaryl/α,β-unsaturated/α-hetero) is 1. The molecule has 33 heavy (non-hydrogen) atoms. The monoisotopic (exact) mass is 459 g/mol. The maximum Gasteiger partial charge on any atom is 0.264 e. The Morgan fingerprint density at radius 3 is 2.58 bits per heavy atom. The van der Waals surface area contributed by atoms with E-state index >= 15 is 0 Å². The number of ketones is 1. The normalized spacial score (nSPS) is 19.4. The molecule has 168 valence electrons. The molecule has 5 rings (SSSR count). The fraction of sp³-hybridized carbons (Fsp3) is 0.286. The molecule has 5 heteroatoms. The van der Waals surface area contributed by atoms with Gasteiger partial charge in [0.25, 0.3) is 5.91 Å². The van der Waals surface area contributed by atoms with Gasteiger partial charge >= 0.3 is 0 Å². The van der Waals surface area contributed by atoms with Gasteiger partial charge in [0.15, 0.2) is 11.4 Å². The lowest BCUT2D eigenvalue weighted by Crippen LogP contribution is -2.41. The largest absolute Gasteiger partial charge is 0.375 e. The van der Waals surface area contributed by atoms with Gasteiger partial charge in [0.05, 0.1) is 18.7 Å². The van der Waals surface area contributed by atoms with Crippen molar-refractivity contribution in [1.82, 2.24) is 0 Å². The number of carbonyl (C=O) groups excluding carboxylic acids is 2. The van der Waals surface area contributed by atoms with E-state index in [9.17, 15) is 14.7 Å². The summed E-state index contributed by atoms with van der Waals surface area (Å²) < 4.78 is 0. The molecule has 1 N–H and O–H groups in total. The molecule has 1 aliphatic carbocycles. The predicted octanol–water partition coefficient (Wildman–Crippen LogP) is 5.53. The van der Waals surface area contributed by atoms with Crippen molar-refractivity contribution in [3.05, 3.63) is 99.1 Å². The van der Waals surface area contributed by atoms with Gasteiger partial charge in [-0.05, 0) is 79.1 Å². The summed E-state index contributed by atoms with van der Waals surface area (Å²) in [5.74, 6) is -0.739. The smallest absolute Gasteiger partial charge is 0.264 e. The second-order valence-electron chi connectivity index (χ2n) is 9.13. The van der Waals surface area contributed by atoms with Crippen LogP contribution < -0.4 is 4.90 Å². The molecule has 1 unspecified atom stereocenters. The summed E-state index contributed by atoms with van der Waals surface area (Å²) in [4.78, 5) is 28.4. The molecule has 0 saturated carbocycles. The highest BCUT2D eigenvalue weighted by molar-refractivity contribution is 6.31. The maximum atomic E-state index is 13.6. The number of benzene rings is 3. The van der Waals surface area contributed by atoms with Crippen LogP contribution in [0.3, 0.4) is 0 Å². The number of amides is 1. The van der Waals surface area contributed by atoms with Crippen LogP contribution in [0.1, 0.15) is 57.4 Å². The predicted molar refractivity (Wildman–Crippen MR) is 130 cm³/mol. The highest BCUT2D eigenvalue weighted by Crippen LogP contribution is 2.45. The molecule has 3 aromatic carbocycles. The third kappa shape index (κ3) is 3.88. The fourth-order valence-corrected chi connectivity index (χ4v) is 5.22. The van der Waals surface area contributed by atoms with Gasteiger partial charge in [-0.25, -0.2) is 0 Å². The minimum atomic E-state index is -1.95. The van der Waals surface area contributed by atoms with Gasteiger partial charge in [0.2, 0.25) is 0 Å². The number of fused-ring (bicyclic) bond motifs is 2. The van der Waals surface area contributed by atoms with E-state index in [1.165, 1.54) is 17.5 Å². The zero-order valence-corrected chi connectivity index (χ0v) is 19.4. The highest BCUT2D eigenvalue weighted by Gasteiger charge is 2.51. The molecule has 0 spiro atoms. The van der Waals surface area contributed by atoms with Gasteiger partial charge in [-0.1, -0.05) is 48.0 Å². The first kappa shape index (κ1) is 21.9. The topological polar surface area (TPSA) is 57.6 Å². The fourth-order valence-electron chi connectivity index (χ4n) is 5.05. The van der Waals surface area contributed by atoms with E-state index in [0.29, 0.717) is 28.4 Å². The number of aliphatic hydroxyl groups is 1. The van der Waals surface area contributed by atoms with Crippen LogP contribution >= 0.6 is 11.6 Å². The van der Waals surface area contributed by atoms with E-state index in [1.54, 1.807) is 23.1 Å². The van der Waals surface area contributed by atoms with Gasteiger partial charge in [-0.15, -0.1) is 0 Å². The standard InChI is InChI=1S/C28H26ClNO3/c1-18-6-2-3-9-22(18)17-30-25-13-12-23(29)15-24(25)28(33,27(30)32)16-26(31)21-11-10-19-7-4-5-8-20(19)14-21/h2-3,6,9-15,33H,4-5,7-8,16-17H2,1H3. The summed E-state index contributed by atoms with van der Waals surface area (Å²) in [6.07, 6.45) is 3.96. The molecule has 0 bridgehead atoms. The highest BCUT2D eigenvalue weighted by atomic mass is 35.5. The average molecular weight is 460 g/mol. The minimum absolute atomic E-state index is 0.247. The zero-order valence-electron chi connectivity index (χ0n) is 18.6. The van der Waals surface area contributed by atoms with E-state index in [2.05, 4.69) is 0 Å². The molecule has 4 nitrogen and oxygen atoms in total. The zero-order chi connectivity index (χ0) is 23.2. The number of anilines is 1. The SMILES string of the molecule is Cc1ccccc1CN1C(=O)C(O)(CC(=O)c2ccc3c(c2)CCCC3)c2cc(Cl)ccc21. The van der Waals surface area contributed by atoms with Gasteiger partial charge in [0.1, 0.15) is 0 Å². The summed E-state index contributed by atoms with van der Waals surface area (Å²) in [7, 11) is 0. The van der Waals surface area contributed by atoms with E-state index in [0.717, 1.165) is 30.4 Å². The second-order valence-corrected chi connectivity index (χ2v) is 9.57. The lowest BCUT2D eigenvalue weighted by atomic mass is 9.85. The Hall–Kier alpha value is -2.95. The third-order valence-corrected chi connectivity index (χ3v) is 7.21. The van der Waals surface area contributed by atoms with E-state index in [-0.39, 0.29) is 12.2 Å². The lowest BCUT2D eigenvalue weighted by Gasteiger charge is -2.24. The summed E-state index contributed by atoms with van der Waals surface area (Å²) in [5.41, 5.74) is 4.09.